The van der Waals surface area contributed by atoms with E-state index < -0.39 is 0 Å². The Bertz CT molecular complexity index is 659. The van der Waals surface area contributed by atoms with Gasteiger partial charge in [0, 0.05) is 10.0 Å². The van der Waals surface area contributed by atoms with Crippen molar-refractivity contribution in [3.05, 3.63) is 56.5 Å². The van der Waals surface area contributed by atoms with Crippen LogP contribution in [0.1, 0.15) is 22.1 Å². The van der Waals surface area contributed by atoms with Crippen molar-refractivity contribution in [3.8, 4) is 11.5 Å². The normalized spacial score (nSPS) is 12.1. The molecule has 5 heteroatoms. The van der Waals surface area contributed by atoms with Crippen molar-refractivity contribution in [1.82, 2.24) is 0 Å². The number of aryl methyl sites for hydroxylation is 1. The van der Waals surface area contributed by atoms with Crippen LogP contribution in [0.5, 0.6) is 11.5 Å². The van der Waals surface area contributed by atoms with Crippen molar-refractivity contribution < 1.29 is 9.47 Å². The molecule has 0 bridgehead atoms. The molecule has 0 fully saturated rings. The molecule has 1 unspecified atom stereocenters. The van der Waals surface area contributed by atoms with Gasteiger partial charge in [-0.05, 0) is 30.2 Å². The monoisotopic (exact) mass is 388 g/mol. The maximum atomic E-state index is 6.65. The van der Waals surface area contributed by atoms with Gasteiger partial charge in [-0.1, -0.05) is 45.7 Å². The fourth-order valence-electron chi connectivity index (χ4n) is 2.15. The molecular weight excluding hydrogens is 375 g/mol. The molecule has 0 aromatic heterocycles. The third-order valence-electron chi connectivity index (χ3n) is 3.28. The molecule has 0 spiro atoms. The van der Waals surface area contributed by atoms with E-state index in [2.05, 4.69) is 15.9 Å². The quantitative estimate of drug-likeness (QED) is 0.619. The minimum atomic E-state index is -0.377. The molecule has 112 valence electrons. The summed E-state index contributed by atoms with van der Waals surface area (Å²) in [5.74, 6) is 1.09. The molecule has 2 aromatic carbocycles. The highest BCUT2D eigenvalue weighted by molar-refractivity contribution is 9.10. The van der Waals surface area contributed by atoms with E-state index in [1.165, 1.54) is 0 Å². The van der Waals surface area contributed by atoms with Gasteiger partial charge in [-0.15, -0.1) is 11.6 Å². The first kappa shape index (κ1) is 16.5. The molecule has 0 heterocycles. The standard InChI is InChI=1S/C16H15BrCl2O2/c1-9-5-4-6-10(13(9)17)14(18)11-7-8-12(20-2)15(19)16(11)21-3/h4-8,14H,1-3H3. The van der Waals surface area contributed by atoms with Crippen molar-refractivity contribution >= 4 is 39.1 Å². The van der Waals surface area contributed by atoms with E-state index >= 15 is 0 Å². The highest BCUT2D eigenvalue weighted by atomic mass is 79.9. The number of rotatable bonds is 4. The highest BCUT2D eigenvalue weighted by Crippen LogP contribution is 2.44. The first-order valence-corrected chi connectivity index (χ1v) is 7.91. The maximum Gasteiger partial charge on any atom is 0.146 e. The summed E-state index contributed by atoms with van der Waals surface area (Å²) in [5.41, 5.74) is 2.89. The molecule has 0 saturated heterocycles. The van der Waals surface area contributed by atoms with E-state index in [9.17, 15) is 0 Å². The Morgan fingerprint density at radius 1 is 1.05 bits per heavy atom. The highest BCUT2D eigenvalue weighted by Gasteiger charge is 2.22. The molecule has 0 amide bonds. The van der Waals surface area contributed by atoms with E-state index in [1.807, 2.05) is 31.2 Å². The number of ether oxygens (including phenoxy) is 2. The van der Waals surface area contributed by atoms with Gasteiger partial charge in [-0.3, -0.25) is 0 Å². The predicted octanol–water partition coefficient (Wildman–Crippen LogP) is 5.76. The van der Waals surface area contributed by atoms with Crippen molar-refractivity contribution in [1.29, 1.82) is 0 Å². The Morgan fingerprint density at radius 3 is 2.38 bits per heavy atom. The number of hydrogen-bond acceptors (Lipinski definition) is 2. The lowest BCUT2D eigenvalue weighted by Crippen LogP contribution is -2.01. The summed E-state index contributed by atoms with van der Waals surface area (Å²) < 4.78 is 11.6. The minimum absolute atomic E-state index is 0.377. The van der Waals surface area contributed by atoms with Gasteiger partial charge in [0.25, 0.3) is 0 Å². The third kappa shape index (κ3) is 3.15. The van der Waals surface area contributed by atoms with Crippen LogP contribution in [0, 0.1) is 6.92 Å². The smallest absolute Gasteiger partial charge is 0.146 e. The molecular formula is C16H15BrCl2O2. The molecule has 0 saturated carbocycles. The lowest BCUT2D eigenvalue weighted by Gasteiger charge is -2.18. The van der Waals surface area contributed by atoms with Crippen LogP contribution in [-0.2, 0) is 0 Å². The van der Waals surface area contributed by atoms with E-state index in [1.54, 1.807) is 20.3 Å². The molecule has 2 rings (SSSR count). The van der Waals surface area contributed by atoms with Gasteiger partial charge in [-0.2, -0.15) is 0 Å². The number of alkyl halides is 1. The van der Waals surface area contributed by atoms with E-state index in [0.29, 0.717) is 16.5 Å². The van der Waals surface area contributed by atoms with Crippen LogP contribution < -0.4 is 9.47 Å². The molecule has 1 atom stereocenters. The zero-order chi connectivity index (χ0) is 15.6. The topological polar surface area (TPSA) is 18.5 Å². The molecule has 0 N–H and O–H groups in total. The summed E-state index contributed by atoms with van der Waals surface area (Å²) in [4.78, 5) is 0. The predicted molar refractivity (Wildman–Crippen MR) is 91.1 cm³/mol. The summed E-state index contributed by atoms with van der Waals surface area (Å²) in [7, 11) is 3.13. The summed E-state index contributed by atoms with van der Waals surface area (Å²) in [6, 6.07) is 9.64. The Kier molecular flexibility index (Phi) is 5.42. The second kappa shape index (κ2) is 6.91. The molecule has 0 aliphatic heterocycles. The van der Waals surface area contributed by atoms with Gasteiger partial charge < -0.3 is 9.47 Å². The number of hydrogen-bond donors (Lipinski definition) is 0. The molecule has 0 aliphatic rings. The van der Waals surface area contributed by atoms with Crippen LogP contribution in [0.4, 0.5) is 0 Å². The van der Waals surface area contributed by atoms with Crippen LogP contribution in [0.15, 0.2) is 34.8 Å². The van der Waals surface area contributed by atoms with Crippen LogP contribution >= 0.6 is 39.1 Å². The average Bonchev–Trinajstić information content (AvgIpc) is 2.49. The average molecular weight is 390 g/mol. The van der Waals surface area contributed by atoms with E-state index in [4.69, 9.17) is 32.7 Å². The minimum Gasteiger partial charge on any atom is -0.495 e. The Hall–Kier alpha value is -0.900. The summed E-state index contributed by atoms with van der Waals surface area (Å²) >= 11 is 16.5. The SMILES string of the molecule is COc1ccc(C(Cl)c2cccc(C)c2Br)c(OC)c1Cl. The maximum absolute atomic E-state index is 6.65. The van der Waals surface area contributed by atoms with Crippen molar-refractivity contribution in [2.75, 3.05) is 14.2 Å². The molecule has 2 aromatic rings. The van der Waals surface area contributed by atoms with Crippen LogP contribution in [0.25, 0.3) is 0 Å². The summed E-state index contributed by atoms with van der Waals surface area (Å²) in [6.45, 7) is 2.02. The summed E-state index contributed by atoms with van der Waals surface area (Å²) in [5, 5.41) is 0.0459. The Balaban J connectivity index is 2.56. The first-order valence-electron chi connectivity index (χ1n) is 6.30. The zero-order valence-corrected chi connectivity index (χ0v) is 15.0. The largest absolute Gasteiger partial charge is 0.495 e. The number of benzene rings is 2. The summed E-state index contributed by atoms with van der Waals surface area (Å²) in [6.07, 6.45) is 0. The van der Waals surface area contributed by atoms with Gasteiger partial charge in [-0.25, -0.2) is 0 Å². The van der Waals surface area contributed by atoms with Crippen molar-refractivity contribution in [2.24, 2.45) is 0 Å². The van der Waals surface area contributed by atoms with E-state index in [-0.39, 0.29) is 5.38 Å². The van der Waals surface area contributed by atoms with E-state index in [0.717, 1.165) is 21.2 Å². The first-order chi connectivity index (χ1) is 10.0. The third-order valence-corrected chi connectivity index (χ3v) is 5.20. The van der Waals surface area contributed by atoms with Crippen LogP contribution in [0.2, 0.25) is 5.02 Å². The van der Waals surface area contributed by atoms with Crippen LogP contribution in [-0.4, -0.2) is 14.2 Å². The fraction of sp³-hybridized carbons (Fsp3) is 0.250. The van der Waals surface area contributed by atoms with Gasteiger partial charge in [0.15, 0.2) is 0 Å². The van der Waals surface area contributed by atoms with Gasteiger partial charge in [0.05, 0.1) is 19.6 Å². The van der Waals surface area contributed by atoms with Crippen LogP contribution in [0.3, 0.4) is 0 Å². The molecule has 21 heavy (non-hydrogen) atoms. The van der Waals surface area contributed by atoms with Crippen molar-refractivity contribution in [2.45, 2.75) is 12.3 Å². The van der Waals surface area contributed by atoms with Crippen molar-refractivity contribution in [3.63, 3.8) is 0 Å². The lowest BCUT2D eigenvalue weighted by molar-refractivity contribution is 0.392. The molecule has 2 nitrogen and oxygen atoms in total. The second-order valence-corrected chi connectivity index (χ2v) is 6.15. The number of halogens is 3. The lowest BCUT2D eigenvalue weighted by atomic mass is 10.0. The Morgan fingerprint density at radius 2 is 1.76 bits per heavy atom. The second-order valence-electron chi connectivity index (χ2n) is 4.54. The van der Waals surface area contributed by atoms with Gasteiger partial charge in [0.2, 0.25) is 0 Å². The number of methoxy groups -OCH3 is 2. The van der Waals surface area contributed by atoms with Gasteiger partial charge >= 0.3 is 0 Å². The Labute approximate surface area is 143 Å². The molecule has 0 radical (unpaired) electrons. The van der Waals surface area contributed by atoms with Gasteiger partial charge in [0.1, 0.15) is 16.5 Å². The zero-order valence-electron chi connectivity index (χ0n) is 11.9. The molecule has 0 aliphatic carbocycles. The fourth-order valence-corrected chi connectivity index (χ4v) is 3.46.